The molecule has 0 saturated carbocycles. The lowest BCUT2D eigenvalue weighted by Crippen LogP contribution is -2.24. The quantitative estimate of drug-likeness (QED) is 0.777. The maximum atomic E-state index is 12.5. The first-order chi connectivity index (χ1) is 12.1. The number of cyclic esters (lactones) is 1. The van der Waals surface area contributed by atoms with E-state index >= 15 is 0 Å². The average molecular weight is 344 g/mol. The highest BCUT2D eigenvalue weighted by molar-refractivity contribution is 5.85. The SMILES string of the molecule is COc1ccc(C2C(=O)OCc3cc(OC)c(OC)cc32)cc1OC. The predicted octanol–water partition coefficient (Wildman–Crippen LogP) is 2.91. The van der Waals surface area contributed by atoms with Crippen LogP contribution in [0.1, 0.15) is 22.6 Å². The van der Waals surface area contributed by atoms with E-state index in [1.807, 2.05) is 18.2 Å². The van der Waals surface area contributed by atoms with Gasteiger partial charge in [-0.2, -0.15) is 0 Å². The summed E-state index contributed by atoms with van der Waals surface area (Å²) in [6, 6.07) is 9.07. The zero-order chi connectivity index (χ0) is 18.0. The van der Waals surface area contributed by atoms with Crippen molar-refractivity contribution in [2.24, 2.45) is 0 Å². The molecule has 0 saturated heterocycles. The van der Waals surface area contributed by atoms with Crippen molar-refractivity contribution in [3.8, 4) is 23.0 Å². The van der Waals surface area contributed by atoms with Gasteiger partial charge in [0, 0.05) is 0 Å². The number of fused-ring (bicyclic) bond motifs is 1. The van der Waals surface area contributed by atoms with Crippen molar-refractivity contribution in [3.05, 3.63) is 47.0 Å². The molecule has 1 unspecified atom stereocenters. The second-order valence-corrected chi connectivity index (χ2v) is 5.56. The van der Waals surface area contributed by atoms with E-state index in [2.05, 4.69) is 0 Å². The number of methoxy groups -OCH3 is 4. The highest BCUT2D eigenvalue weighted by atomic mass is 16.5. The molecule has 6 nitrogen and oxygen atoms in total. The van der Waals surface area contributed by atoms with Crippen molar-refractivity contribution in [2.45, 2.75) is 12.5 Å². The number of carbonyl (C=O) groups excluding carboxylic acids is 1. The van der Waals surface area contributed by atoms with E-state index in [0.717, 1.165) is 16.7 Å². The molecule has 3 rings (SSSR count). The first-order valence-electron chi connectivity index (χ1n) is 7.76. The summed E-state index contributed by atoms with van der Waals surface area (Å²) in [5.74, 6) is 1.45. The summed E-state index contributed by atoms with van der Waals surface area (Å²) in [6.45, 7) is 0.207. The number of rotatable bonds is 5. The highest BCUT2D eigenvalue weighted by Crippen LogP contribution is 2.41. The number of carbonyl (C=O) groups is 1. The second-order valence-electron chi connectivity index (χ2n) is 5.56. The van der Waals surface area contributed by atoms with E-state index in [-0.39, 0.29) is 12.6 Å². The van der Waals surface area contributed by atoms with Crippen LogP contribution >= 0.6 is 0 Å². The molecule has 0 N–H and O–H groups in total. The van der Waals surface area contributed by atoms with Crippen LogP contribution in [0.4, 0.5) is 0 Å². The van der Waals surface area contributed by atoms with E-state index in [4.69, 9.17) is 23.7 Å². The number of hydrogen-bond acceptors (Lipinski definition) is 6. The maximum Gasteiger partial charge on any atom is 0.318 e. The van der Waals surface area contributed by atoms with Gasteiger partial charge in [0.25, 0.3) is 0 Å². The van der Waals surface area contributed by atoms with Crippen LogP contribution in [-0.4, -0.2) is 34.4 Å². The third-order valence-electron chi connectivity index (χ3n) is 4.30. The van der Waals surface area contributed by atoms with Gasteiger partial charge in [0.1, 0.15) is 12.5 Å². The lowest BCUT2D eigenvalue weighted by atomic mass is 9.86. The van der Waals surface area contributed by atoms with Gasteiger partial charge in [0.2, 0.25) is 0 Å². The molecule has 0 aromatic heterocycles. The van der Waals surface area contributed by atoms with E-state index in [1.54, 1.807) is 40.6 Å². The number of hydrogen-bond donors (Lipinski definition) is 0. The highest BCUT2D eigenvalue weighted by Gasteiger charge is 2.33. The van der Waals surface area contributed by atoms with Crippen LogP contribution in [0, 0.1) is 0 Å². The molecule has 2 aromatic rings. The molecule has 0 spiro atoms. The minimum atomic E-state index is -0.566. The van der Waals surface area contributed by atoms with Crippen LogP contribution in [-0.2, 0) is 16.1 Å². The Bertz CT molecular complexity index is 799. The van der Waals surface area contributed by atoms with Crippen LogP contribution in [0.3, 0.4) is 0 Å². The van der Waals surface area contributed by atoms with Crippen LogP contribution in [0.5, 0.6) is 23.0 Å². The van der Waals surface area contributed by atoms with Crippen molar-refractivity contribution >= 4 is 5.97 Å². The first kappa shape index (κ1) is 17.0. The minimum Gasteiger partial charge on any atom is -0.493 e. The standard InChI is InChI=1S/C19H20O6/c1-21-14-6-5-11(7-15(14)22-2)18-13-9-17(24-4)16(23-3)8-12(13)10-25-19(18)20/h5-9,18H,10H2,1-4H3. The van der Waals surface area contributed by atoms with Crippen molar-refractivity contribution in [1.29, 1.82) is 0 Å². The first-order valence-corrected chi connectivity index (χ1v) is 7.76. The van der Waals surface area contributed by atoms with Gasteiger partial charge in [-0.3, -0.25) is 4.79 Å². The summed E-state index contributed by atoms with van der Waals surface area (Å²) in [7, 11) is 6.27. The van der Waals surface area contributed by atoms with Gasteiger partial charge >= 0.3 is 5.97 Å². The Kier molecular flexibility index (Phi) is 4.70. The molecule has 132 valence electrons. The fraction of sp³-hybridized carbons (Fsp3) is 0.316. The number of benzene rings is 2. The van der Waals surface area contributed by atoms with Crippen LogP contribution in [0.2, 0.25) is 0 Å². The van der Waals surface area contributed by atoms with E-state index < -0.39 is 5.92 Å². The third kappa shape index (κ3) is 2.95. The smallest absolute Gasteiger partial charge is 0.318 e. The third-order valence-corrected chi connectivity index (χ3v) is 4.30. The van der Waals surface area contributed by atoms with E-state index in [1.165, 1.54) is 0 Å². The Labute approximate surface area is 146 Å². The second kappa shape index (κ2) is 6.93. The van der Waals surface area contributed by atoms with Crippen molar-refractivity contribution in [2.75, 3.05) is 28.4 Å². The summed E-state index contributed by atoms with van der Waals surface area (Å²) in [5.41, 5.74) is 2.48. The molecule has 0 radical (unpaired) electrons. The lowest BCUT2D eigenvalue weighted by molar-refractivity contribution is -0.147. The molecule has 0 aliphatic carbocycles. The van der Waals surface area contributed by atoms with Crippen LogP contribution < -0.4 is 18.9 Å². The van der Waals surface area contributed by atoms with E-state index in [9.17, 15) is 4.79 Å². The molecule has 0 amide bonds. The van der Waals surface area contributed by atoms with Gasteiger partial charge in [-0.25, -0.2) is 0 Å². The fourth-order valence-corrected chi connectivity index (χ4v) is 3.04. The summed E-state index contributed by atoms with van der Waals surface area (Å²) in [6.07, 6.45) is 0. The zero-order valence-corrected chi connectivity index (χ0v) is 14.6. The van der Waals surface area contributed by atoms with Gasteiger partial charge in [-0.15, -0.1) is 0 Å². The molecule has 2 aromatic carbocycles. The molecule has 1 aliphatic heterocycles. The van der Waals surface area contributed by atoms with Crippen LogP contribution in [0.25, 0.3) is 0 Å². The van der Waals surface area contributed by atoms with Gasteiger partial charge in [0.05, 0.1) is 28.4 Å². The Hall–Kier alpha value is -2.89. The summed E-state index contributed by atoms with van der Waals surface area (Å²) in [5, 5.41) is 0. The van der Waals surface area contributed by atoms with Gasteiger partial charge in [0.15, 0.2) is 23.0 Å². The summed E-state index contributed by atoms with van der Waals surface area (Å²) >= 11 is 0. The molecular formula is C19H20O6. The Morgan fingerprint density at radius 2 is 1.44 bits per heavy atom. The predicted molar refractivity (Wildman–Crippen MR) is 90.7 cm³/mol. The molecule has 6 heteroatoms. The molecule has 25 heavy (non-hydrogen) atoms. The monoisotopic (exact) mass is 344 g/mol. The molecule has 0 fully saturated rings. The normalized spacial score (nSPS) is 15.8. The molecular weight excluding hydrogens is 324 g/mol. The fourth-order valence-electron chi connectivity index (χ4n) is 3.04. The number of ether oxygens (including phenoxy) is 5. The molecule has 0 bridgehead atoms. The van der Waals surface area contributed by atoms with Crippen molar-refractivity contribution < 1.29 is 28.5 Å². The number of esters is 1. The van der Waals surface area contributed by atoms with Crippen molar-refractivity contribution in [1.82, 2.24) is 0 Å². The zero-order valence-electron chi connectivity index (χ0n) is 14.6. The Balaban J connectivity index is 2.13. The summed E-state index contributed by atoms with van der Waals surface area (Å²) in [4.78, 5) is 12.5. The Morgan fingerprint density at radius 3 is 2.08 bits per heavy atom. The molecule has 1 aliphatic rings. The van der Waals surface area contributed by atoms with Crippen molar-refractivity contribution in [3.63, 3.8) is 0 Å². The van der Waals surface area contributed by atoms with Gasteiger partial charge in [-0.1, -0.05) is 6.07 Å². The lowest BCUT2D eigenvalue weighted by Gasteiger charge is -2.26. The largest absolute Gasteiger partial charge is 0.493 e. The summed E-state index contributed by atoms with van der Waals surface area (Å²) < 4.78 is 26.7. The Morgan fingerprint density at radius 1 is 0.840 bits per heavy atom. The maximum absolute atomic E-state index is 12.5. The van der Waals surface area contributed by atoms with Gasteiger partial charge in [-0.05, 0) is 41.0 Å². The van der Waals surface area contributed by atoms with E-state index in [0.29, 0.717) is 23.0 Å². The topological polar surface area (TPSA) is 63.2 Å². The minimum absolute atomic E-state index is 0.207. The molecule has 1 heterocycles. The van der Waals surface area contributed by atoms with Crippen LogP contribution in [0.15, 0.2) is 30.3 Å². The molecule has 1 atom stereocenters. The van der Waals surface area contributed by atoms with Gasteiger partial charge < -0.3 is 23.7 Å². The average Bonchev–Trinajstić information content (AvgIpc) is 2.66.